The van der Waals surface area contributed by atoms with Crippen molar-refractivity contribution in [2.24, 2.45) is 5.92 Å². The van der Waals surface area contributed by atoms with Crippen LogP contribution < -0.4 is 10.2 Å². The van der Waals surface area contributed by atoms with Crippen LogP contribution in [0.3, 0.4) is 0 Å². The minimum Gasteiger partial charge on any atom is -0.326 e. The van der Waals surface area contributed by atoms with E-state index in [2.05, 4.69) is 10.3 Å². The maximum absolute atomic E-state index is 13.0. The van der Waals surface area contributed by atoms with Gasteiger partial charge in [0.1, 0.15) is 0 Å². The van der Waals surface area contributed by atoms with Crippen molar-refractivity contribution >= 4 is 54.8 Å². The lowest BCUT2D eigenvalue weighted by molar-refractivity contribution is -0.120. The molecule has 7 nitrogen and oxygen atoms in total. The molecule has 2 aromatic carbocycles. The number of nitrogens with zero attached hydrogens (tertiary/aromatic N) is 1. The van der Waals surface area contributed by atoms with Crippen LogP contribution in [-0.4, -0.2) is 36.7 Å². The number of sulfonamides is 1. The van der Waals surface area contributed by atoms with E-state index in [1.807, 2.05) is 13.0 Å². The molecule has 1 aromatic heterocycles. The van der Waals surface area contributed by atoms with Gasteiger partial charge in [-0.05, 0) is 55.7 Å². The monoisotopic (exact) mass is 465 g/mol. The van der Waals surface area contributed by atoms with Gasteiger partial charge in [0.2, 0.25) is 15.9 Å². The number of halogens is 1. The highest BCUT2D eigenvalue weighted by molar-refractivity contribution is 7.89. The van der Waals surface area contributed by atoms with E-state index in [9.17, 15) is 18.0 Å². The molecule has 0 saturated carbocycles. The Hall–Kier alpha value is -2.20. The van der Waals surface area contributed by atoms with Crippen molar-refractivity contribution in [2.75, 3.05) is 18.4 Å². The molecule has 4 rings (SSSR count). The molecule has 3 aromatic rings. The third kappa shape index (κ3) is 4.15. The van der Waals surface area contributed by atoms with Gasteiger partial charge >= 0.3 is 4.87 Å². The second-order valence-corrected chi connectivity index (χ2v) is 10.7. The van der Waals surface area contributed by atoms with E-state index in [-0.39, 0.29) is 34.7 Å². The average Bonchev–Trinajstić information content (AvgIpc) is 3.10. The molecule has 0 aliphatic carbocycles. The summed E-state index contributed by atoms with van der Waals surface area (Å²) in [5, 5.41) is 3.45. The van der Waals surface area contributed by atoms with E-state index < -0.39 is 10.0 Å². The van der Waals surface area contributed by atoms with Crippen molar-refractivity contribution < 1.29 is 13.2 Å². The zero-order valence-electron chi connectivity index (χ0n) is 16.1. The molecule has 10 heteroatoms. The maximum Gasteiger partial charge on any atom is 0.305 e. The van der Waals surface area contributed by atoms with Gasteiger partial charge in [0, 0.05) is 29.7 Å². The summed E-state index contributed by atoms with van der Waals surface area (Å²) >= 11 is 7.08. The van der Waals surface area contributed by atoms with Crippen molar-refractivity contribution in [3.63, 3.8) is 0 Å². The fraction of sp³-hybridized carbons (Fsp3) is 0.300. The van der Waals surface area contributed by atoms with Crippen molar-refractivity contribution in [2.45, 2.75) is 24.7 Å². The van der Waals surface area contributed by atoms with E-state index in [1.165, 1.54) is 16.4 Å². The molecule has 0 atom stereocenters. The number of carbonyl (C=O) groups excluding carboxylic acids is 1. The number of rotatable bonds is 4. The second-order valence-electron chi connectivity index (χ2n) is 7.30. The molecular weight excluding hydrogens is 446 g/mol. The summed E-state index contributed by atoms with van der Waals surface area (Å²) in [5.74, 6) is -0.403. The topological polar surface area (TPSA) is 99.3 Å². The van der Waals surface area contributed by atoms with Crippen LogP contribution in [0.1, 0.15) is 18.4 Å². The zero-order valence-corrected chi connectivity index (χ0v) is 18.5. The molecule has 1 saturated heterocycles. The van der Waals surface area contributed by atoms with Gasteiger partial charge in [-0.3, -0.25) is 9.59 Å². The molecule has 2 N–H and O–H groups in total. The third-order valence-electron chi connectivity index (χ3n) is 5.29. The van der Waals surface area contributed by atoms with Crippen LogP contribution >= 0.6 is 22.9 Å². The molecule has 0 radical (unpaired) electrons. The number of aromatic amines is 1. The number of aromatic nitrogens is 1. The molecule has 1 aliphatic rings. The largest absolute Gasteiger partial charge is 0.326 e. The van der Waals surface area contributed by atoms with E-state index in [0.717, 1.165) is 16.9 Å². The molecule has 0 spiro atoms. The summed E-state index contributed by atoms with van der Waals surface area (Å²) in [5.41, 5.74) is 2.18. The van der Waals surface area contributed by atoms with Crippen molar-refractivity contribution in [1.82, 2.24) is 9.29 Å². The molecule has 0 unspecified atom stereocenters. The summed E-state index contributed by atoms with van der Waals surface area (Å²) in [6.45, 7) is 2.41. The number of piperidine rings is 1. The maximum atomic E-state index is 13.0. The number of hydrogen-bond acceptors (Lipinski definition) is 5. The minimum absolute atomic E-state index is 0.134. The fourth-order valence-corrected chi connectivity index (χ4v) is 6.04. The van der Waals surface area contributed by atoms with Gasteiger partial charge in [0.15, 0.2) is 0 Å². The Kier molecular flexibility index (Phi) is 5.71. The summed E-state index contributed by atoms with van der Waals surface area (Å²) in [6, 6.07) is 9.97. The standard InChI is InChI=1S/C20H20ClN3O4S2/c1-12-2-3-14(10-16(12)21)22-19(25)13-6-8-24(9-7-13)30(27,28)15-4-5-17-18(11-15)29-20(26)23-17/h2-5,10-11,13H,6-9H2,1H3,(H,22,25)(H,23,26). The van der Waals surface area contributed by atoms with Crippen molar-refractivity contribution in [1.29, 1.82) is 0 Å². The Bertz CT molecular complexity index is 1270. The first-order valence-corrected chi connectivity index (χ1v) is 12.1. The Morgan fingerprint density at radius 2 is 1.93 bits per heavy atom. The lowest BCUT2D eigenvalue weighted by atomic mass is 9.97. The molecule has 1 aliphatic heterocycles. The van der Waals surface area contributed by atoms with Crippen LogP contribution in [0, 0.1) is 12.8 Å². The molecule has 158 valence electrons. The highest BCUT2D eigenvalue weighted by Crippen LogP contribution is 2.27. The van der Waals surface area contributed by atoms with Crippen LogP contribution in [0.5, 0.6) is 0 Å². The normalized spacial score (nSPS) is 16.1. The Morgan fingerprint density at radius 3 is 2.63 bits per heavy atom. The number of thiazole rings is 1. The van der Waals surface area contributed by atoms with Gasteiger partial charge in [-0.1, -0.05) is 29.0 Å². The lowest BCUT2D eigenvalue weighted by Crippen LogP contribution is -2.41. The zero-order chi connectivity index (χ0) is 21.5. The van der Waals surface area contributed by atoms with E-state index in [0.29, 0.717) is 33.8 Å². The van der Waals surface area contributed by atoms with Crippen molar-refractivity contribution in [3.05, 3.63) is 56.7 Å². The van der Waals surface area contributed by atoms with E-state index in [4.69, 9.17) is 11.6 Å². The predicted molar refractivity (Wildman–Crippen MR) is 119 cm³/mol. The smallest absolute Gasteiger partial charge is 0.305 e. The van der Waals surface area contributed by atoms with Crippen LogP contribution in [0.4, 0.5) is 5.69 Å². The number of carbonyl (C=O) groups is 1. The lowest BCUT2D eigenvalue weighted by Gasteiger charge is -2.30. The number of anilines is 1. The molecule has 30 heavy (non-hydrogen) atoms. The number of fused-ring (bicyclic) bond motifs is 1. The first-order chi connectivity index (χ1) is 14.2. The third-order valence-corrected chi connectivity index (χ3v) is 8.44. The number of H-pyrrole nitrogens is 1. The Morgan fingerprint density at radius 1 is 1.20 bits per heavy atom. The first kappa shape index (κ1) is 21.0. The van der Waals surface area contributed by atoms with Crippen LogP contribution in [-0.2, 0) is 14.8 Å². The Labute approximate surface area is 182 Å². The van der Waals surface area contributed by atoms with E-state index >= 15 is 0 Å². The number of nitrogens with one attached hydrogen (secondary N) is 2. The quantitative estimate of drug-likeness (QED) is 0.615. The predicted octanol–water partition coefficient (Wildman–Crippen LogP) is 3.59. The molecule has 0 bridgehead atoms. The van der Waals surface area contributed by atoms with E-state index in [1.54, 1.807) is 18.2 Å². The fourth-order valence-electron chi connectivity index (χ4n) is 3.51. The van der Waals surface area contributed by atoms with Gasteiger partial charge in [-0.15, -0.1) is 0 Å². The van der Waals surface area contributed by atoms with Crippen molar-refractivity contribution in [3.8, 4) is 0 Å². The number of amides is 1. The van der Waals surface area contributed by atoms with Gasteiger partial charge in [0.05, 0.1) is 15.1 Å². The number of hydrogen-bond donors (Lipinski definition) is 2. The van der Waals surface area contributed by atoms with Crippen LogP contribution in [0.25, 0.3) is 10.2 Å². The van der Waals surface area contributed by atoms with Crippen LogP contribution in [0.15, 0.2) is 46.1 Å². The molecular formula is C20H20ClN3O4S2. The van der Waals surface area contributed by atoms with Gasteiger partial charge in [-0.25, -0.2) is 8.42 Å². The molecule has 2 heterocycles. The Balaban J connectivity index is 1.43. The highest BCUT2D eigenvalue weighted by Gasteiger charge is 2.32. The summed E-state index contributed by atoms with van der Waals surface area (Å²) in [7, 11) is -3.69. The molecule has 1 fully saturated rings. The summed E-state index contributed by atoms with van der Waals surface area (Å²) < 4.78 is 28.0. The summed E-state index contributed by atoms with van der Waals surface area (Å²) in [6.07, 6.45) is 0.870. The van der Waals surface area contributed by atoms with Gasteiger partial charge in [-0.2, -0.15) is 4.31 Å². The minimum atomic E-state index is -3.69. The highest BCUT2D eigenvalue weighted by atomic mass is 35.5. The molecule has 1 amide bonds. The SMILES string of the molecule is Cc1ccc(NC(=O)C2CCN(S(=O)(=O)c3ccc4[nH]c(=O)sc4c3)CC2)cc1Cl. The second kappa shape index (κ2) is 8.14. The number of benzene rings is 2. The van der Waals surface area contributed by atoms with Gasteiger partial charge in [0.25, 0.3) is 0 Å². The first-order valence-electron chi connectivity index (χ1n) is 9.44. The number of aryl methyl sites for hydroxylation is 1. The van der Waals surface area contributed by atoms with Crippen LogP contribution in [0.2, 0.25) is 5.02 Å². The summed E-state index contributed by atoms with van der Waals surface area (Å²) in [4.78, 5) is 26.7. The van der Waals surface area contributed by atoms with Gasteiger partial charge < -0.3 is 10.3 Å². The average molecular weight is 466 g/mol.